The number of nitrogens with zero attached hydrogens (tertiary/aromatic N) is 2. The fraction of sp³-hybridized carbons (Fsp3) is 0.231. The van der Waals surface area contributed by atoms with E-state index in [0.717, 1.165) is 100 Å². The van der Waals surface area contributed by atoms with Crippen LogP contribution in [0.3, 0.4) is 0 Å². The highest BCUT2D eigenvalue weighted by Gasteiger charge is 2.41. The topological polar surface area (TPSA) is 57.4 Å². The molecule has 0 fully saturated rings. The molecule has 0 atom stereocenters. The van der Waals surface area contributed by atoms with Gasteiger partial charge in [-0.25, -0.2) is 9.97 Å². The molecule has 0 radical (unpaired) electrons. The number of H-pyrrole nitrogens is 2. The van der Waals surface area contributed by atoms with Crippen LogP contribution < -0.4 is 0 Å². The van der Waals surface area contributed by atoms with Crippen LogP contribution in [0.4, 0.5) is 0 Å². The Bertz CT molecular complexity index is 3590. The molecule has 0 saturated heterocycles. The summed E-state index contributed by atoms with van der Waals surface area (Å²) in [6.07, 6.45) is 14.5. The van der Waals surface area contributed by atoms with E-state index in [9.17, 15) is 0 Å². The Kier molecular flexibility index (Phi) is 13.3. The lowest BCUT2D eigenvalue weighted by atomic mass is 9.92. The number of fused-ring (bicyclic) bond motifs is 8. The molecule has 0 aliphatic carbocycles. The van der Waals surface area contributed by atoms with E-state index in [1.165, 1.54) is 22.3 Å². The number of terminal acetylenes is 1. The van der Waals surface area contributed by atoms with Gasteiger partial charge >= 0.3 is 0 Å². The Hall–Kier alpha value is -7.41. The molecule has 0 spiro atoms. The fourth-order valence-electron chi connectivity index (χ4n) is 11.0. The van der Waals surface area contributed by atoms with E-state index in [0.29, 0.717) is 16.6 Å². The molecule has 71 heavy (non-hydrogen) atoms. The van der Waals surface area contributed by atoms with E-state index in [2.05, 4.69) is 242 Å². The van der Waals surface area contributed by atoms with E-state index < -0.39 is 16.1 Å². The third-order valence-corrected chi connectivity index (χ3v) is 21.4. The van der Waals surface area contributed by atoms with Crippen LogP contribution >= 0.6 is 0 Å². The summed E-state index contributed by atoms with van der Waals surface area (Å²) in [5.74, 6) is 9.93. The van der Waals surface area contributed by atoms with Crippen LogP contribution in [-0.2, 0) is 0 Å². The zero-order chi connectivity index (χ0) is 50.4. The second-order valence-electron chi connectivity index (χ2n) is 21.3. The van der Waals surface area contributed by atoms with Gasteiger partial charge in [0.25, 0.3) is 0 Å². The molecule has 5 heterocycles. The standard InChI is InChI=1S/C65H64N4Si2/c1-14-47-15-21-50(22-16-47)62-53-27-29-55(66-53)63(51-23-17-48(18-24-51)35-37-70(11,12)13)57-31-33-59(68-57)65(61-45(9)39-44(8)40-46(61)10)60-34-32-58(69-60)64(56-30-28-54(62)67-56)52-25-19-49(20-26-52)36-38-71(41(2)3,42(4)5)43(6)7/h1,15-34,39-43,67-68H,2-13H3. The van der Waals surface area contributed by atoms with Crippen molar-refractivity contribution >= 4 is 62.5 Å². The van der Waals surface area contributed by atoms with E-state index >= 15 is 0 Å². The van der Waals surface area contributed by atoms with E-state index in [-0.39, 0.29) is 0 Å². The fourth-order valence-corrected chi connectivity index (χ4v) is 16.7. The van der Waals surface area contributed by atoms with Crippen molar-refractivity contribution in [2.24, 2.45) is 0 Å². The number of rotatable bonds is 7. The van der Waals surface area contributed by atoms with Gasteiger partial charge in [0.1, 0.15) is 16.1 Å². The van der Waals surface area contributed by atoms with Crippen molar-refractivity contribution in [2.45, 2.75) is 98.6 Å². The second kappa shape index (κ2) is 19.4. The minimum atomic E-state index is -1.93. The average Bonchev–Trinajstić information content (AvgIpc) is 4.18. The van der Waals surface area contributed by atoms with E-state index in [1.807, 2.05) is 12.1 Å². The summed E-state index contributed by atoms with van der Waals surface area (Å²) in [5.41, 5.74) is 31.1. The van der Waals surface area contributed by atoms with Gasteiger partial charge in [-0.2, -0.15) is 0 Å². The molecular weight excluding hydrogens is 893 g/mol. The first-order chi connectivity index (χ1) is 33.9. The van der Waals surface area contributed by atoms with Gasteiger partial charge in [-0.1, -0.05) is 133 Å². The van der Waals surface area contributed by atoms with Crippen LogP contribution in [0.25, 0.3) is 90.9 Å². The molecule has 8 bridgehead atoms. The molecule has 9 rings (SSSR count). The van der Waals surface area contributed by atoms with Gasteiger partial charge in [0, 0.05) is 61.0 Å². The molecule has 352 valence electrons. The van der Waals surface area contributed by atoms with Gasteiger partial charge in [0.15, 0.2) is 0 Å². The molecule has 2 aliphatic heterocycles. The summed E-state index contributed by atoms with van der Waals surface area (Å²) in [4.78, 5) is 19.0. The average molecular weight is 957 g/mol. The zero-order valence-corrected chi connectivity index (χ0v) is 45.4. The van der Waals surface area contributed by atoms with Gasteiger partial charge in [-0.15, -0.1) is 17.5 Å². The van der Waals surface area contributed by atoms with Crippen molar-refractivity contribution < 1.29 is 0 Å². The Morgan fingerprint density at radius 3 is 1.13 bits per heavy atom. The highest BCUT2D eigenvalue weighted by Crippen LogP contribution is 2.42. The molecular formula is C65H64N4Si2. The van der Waals surface area contributed by atoms with Crippen molar-refractivity contribution in [3.8, 4) is 79.8 Å². The first kappa shape index (κ1) is 48.6. The van der Waals surface area contributed by atoms with E-state index in [4.69, 9.17) is 16.4 Å². The number of aromatic nitrogens is 4. The normalized spacial score (nSPS) is 12.3. The third kappa shape index (κ3) is 9.62. The van der Waals surface area contributed by atoms with Gasteiger partial charge in [0.05, 0.1) is 22.8 Å². The molecule has 0 amide bonds. The molecule has 7 aromatic rings. The van der Waals surface area contributed by atoms with Crippen molar-refractivity contribution in [2.75, 3.05) is 0 Å². The number of benzene rings is 4. The Morgan fingerprint density at radius 2 is 0.775 bits per heavy atom. The molecule has 0 saturated carbocycles. The molecule has 4 aromatic carbocycles. The van der Waals surface area contributed by atoms with E-state index in [1.54, 1.807) is 0 Å². The monoisotopic (exact) mass is 956 g/mol. The molecule has 2 N–H and O–H groups in total. The first-order valence-corrected chi connectivity index (χ1v) is 30.8. The van der Waals surface area contributed by atoms with Gasteiger partial charge in [0.2, 0.25) is 0 Å². The van der Waals surface area contributed by atoms with Crippen LogP contribution in [0.1, 0.15) is 97.7 Å². The maximum Gasteiger partial charge on any atom is 0.146 e. The number of hydrogen-bond donors (Lipinski definition) is 2. The van der Waals surface area contributed by atoms with Crippen LogP contribution in [0.2, 0.25) is 36.3 Å². The number of aromatic amines is 2. The Balaban J connectivity index is 1.37. The molecule has 2 aliphatic rings. The predicted octanol–water partition coefficient (Wildman–Crippen LogP) is 17.0. The lowest BCUT2D eigenvalue weighted by Crippen LogP contribution is -2.43. The molecule has 3 aromatic heterocycles. The number of aryl methyl sites for hydroxylation is 3. The smallest absolute Gasteiger partial charge is 0.146 e. The predicted molar refractivity (Wildman–Crippen MR) is 311 cm³/mol. The van der Waals surface area contributed by atoms with Crippen molar-refractivity contribution in [1.29, 1.82) is 0 Å². The molecule has 4 nitrogen and oxygen atoms in total. The number of hydrogen-bond acceptors (Lipinski definition) is 2. The van der Waals surface area contributed by atoms with Crippen LogP contribution in [0, 0.1) is 56.0 Å². The van der Waals surface area contributed by atoms with Crippen molar-refractivity contribution in [3.63, 3.8) is 0 Å². The SMILES string of the molecule is C#Cc1ccc(-c2c3nc(c(-c4ccc(C#C[Si](C)(C)C)cc4)c4ccc([nH]4)c(-c4c(C)cc(C)cc4C)c4nc(c(-c5ccc(C#C[Si](C(C)C)(C(C)C)C(C)C)cc5)c5ccc2[nH]5)C=C4)C=C3)cc1. The van der Waals surface area contributed by atoms with Crippen LogP contribution in [0.15, 0.2) is 109 Å². The zero-order valence-electron chi connectivity index (χ0n) is 43.4. The van der Waals surface area contributed by atoms with Crippen molar-refractivity contribution in [3.05, 3.63) is 165 Å². The molecule has 0 unspecified atom stereocenters. The first-order valence-electron chi connectivity index (χ1n) is 25.0. The lowest BCUT2D eigenvalue weighted by molar-refractivity contribution is 0.838. The molecule has 6 heteroatoms. The quantitative estimate of drug-likeness (QED) is 0.124. The van der Waals surface area contributed by atoms with Gasteiger partial charge < -0.3 is 9.97 Å². The summed E-state index contributed by atoms with van der Waals surface area (Å²) >= 11 is 0. The maximum absolute atomic E-state index is 5.87. The van der Waals surface area contributed by atoms with Crippen LogP contribution in [0.5, 0.6) is 0 Å². The maximum atomic E-state index is 5.87. The summed E-state index contributed by atoms with van der Waals surface area (Å²) < 4.78 is 0. The second-order valence-corrected chi connectivity index (χ2v) is 31.6. The number of nitrogens with one attached hydrogen (secondary N) is 2. The third-order valence-electron chi connectivity index (χ3n) is 14.2. The minimum Gasteiger partial charge on any atom is -0.354 e. The summed E-state index contributed by atoms with van der Waals surface area (Å²) in [6, 6.07) is 38.9. The largest absolute Gasteiger partial charge is 0.354 e. The van der Waals surface area contributed by atoms with Crippen LogP contribution in [-0.4, -0.2) is 36.1 Å². The lowest BCUT2D eigenvalue weighted by Gasteiger charge is -2.38. The highest BCUT2D eigenvalue weighted by molar-refractivity contribution is 6.90. The van der Waals surface area contributed by atoms with Gasteiger partial charge in [-0.05, 0) is 156 Å². The minimum absolute atomic E-state index is 0.555. The Morgan fingerprint density at radius 1 is 0.437 bits per heavy atom. The van der Waals surface area contributed by atoms with Crippen molar-refractivity contribution in [1.82, 2.24) is 19.9 Å². The summed E-state index contributed by atoms with van der Waals surface area (Å²) in [7, 11) is -3.49. The van der Waals surface area contributed by atoms with Gasteiger partial charge in [-0.3, -0.25) is 0 Å². The summed E-state index contributed by atoms with van der Waals surface area (Å²) in [5, 5.41) is 0. The highest BCUT2D eigenvalue weighted by atomic mass is 28.3. The summed E-state index contributed by atoms with van der Waals surface area (Å²) in [6.45, 7) is 27.6. The Labute approximate surface area is 423 Å².